The van der Waals surface area contributed by atoms with Crippen molar-refractivity contribution in [3.05, 3.63) is 0 Å². The third kappa shape index (κ3) is 6.48. The summed E-state index contributed by atoms with van der Waals surface area (Å²) in [6.07, 6.45) is 3.45. The van der Waals surface area contributed by atoms with Crippen molar-refractivity contribution in [2.24, 2.45) is 5.92 Å². The Bertz CT molecular complexity index is 262. The molecular weight excluding hydrogens is 222 g/mol. The highest BCUT2D eigenvalue weighted by atomic mass is 32.2. The van der Waals surface area contributed by atoms with E-state index in [9.17, 15) is 8.42 Å². The Morgan fingerprint density at radius 3 is 2.25 bits per heavy atom. The van der Waals surface area contributed by atoms with Crippen LogP contribution < -0.4 is 5.32 Å². The number of hydrogen-bond donors (Lipinski definition) is 1. The molecule has 0 aliphatic heterocycles. The van der Waals surface area contributed by atoms with Crippen molar-refractivity contribution in [3.63, 3.8) is 0 Å². The zero-order valence-electron chi connectivity index (χ0n) is 11.1. The fraction of sp³-hybridized carbons (Fsp3) is 1.00. The van der Waals surface area contributed by atoms with Gasteiger partial charge < -0.3 is 5.32 Å². The minimum absolute atomic E-state index is 0.246. The lowest BCUT2D eigenvalue weighted by Gasteiger charge is -2.23. The summed E-state index contributed by atoms with van der Waals surface area (Å²) in [6.45, 7) is 8.86. The van der Waals surface area contributed by atoms with Crippen molar-refractivity contribution in [2.75, 3.05) is 18.1 Å². The molecule has 0 rings (SSSR count). The summed E-state index contributed by atoms with van der Waals surface area (Å²) in [5, 5.41) is 3.37. The van der Waals surface area contributed by atoms with Crippen LogP contribution >= 0.6 is 0 Å². The molecule has 2 unspecified atom stereocenters. The molecule has 0 fully saturated rings. The van der Waals surface area contributed by atoms with Crippen molar-refractivity contribution in [1.82, 2.24) is 5.32 Å². The van der Waals surface area contributed by atoms with Crippen LogP contribution in [0.5, 0.6) is 0 Å². The molecule has 0 aromatic heterocycles. The first-order valence-corrected chi connectivity index (χ1v) is 8.22. The van der Waals surface area contributed by atoms with Gasteiger partial charge in [0, 0.05) is 18.3 Å². The van der Waals surface area contributed by atoms with Crippen LogP contribution in [-0.2, 0) is 9.84 Å². The molecule has 0 bridgehead atoms. The van der Waals surface area contributed by atoms with E-state index >= 15 is 0 Å². The highest BCUT2D eigenvalue weighted by Crippen LogP contribution is 2.13. The van der Waals surface area contributed by atoms with Gasteiger partial charge in [-0.2, -0.15) is 0 Å². The van der Waals surface area contributed by atoms with Crippen LogP contribution in [0.1, 0.15) is 47.0 Å². The Labute approximate surface area is 101 Å². The molecule has 0 radical (unpaired) electrons. The molecule has 2 atom stereocenters. The fourth-order valence-corrected chi connectivity index (χ4v) is 2.67. The quantitative estimate of drug-likeness (QED) is 0.681. The Kier molecular flexibility index (Phi) is 8.02. The average molecular weight is 249 g/mol. The first-order valence-electron chi connectivity index (χ1n) is 6.40. The first kappa shape index (κ1) is 15.9. The standard InChI is InChI=1S/C12H27NO2S/c1-5-8-11(4)12(6-2)13-9-10-16(14,15)7-3/h11-13H,5-10H2,1-4H3. The van der Waals surface area contributed by atoms with Gasteiger partial charge in [0.05, 0.1) is 5.75 Å². The molecule has 0 amide bonds. The molecule has 0 heterocycles. The van der Waals surface area contributed by atoms with Gasteiger partial charge in [0.1, 0.15) is 0 Å². The van der Waals surface area contributed by atoms with Gasteiger partial charge in [-0.15, -0.1) is 0 Å². The van der Waals surface area contributed by atoms with Gasteiger partial charge in [0.25, 0.3) is 0 Å². The van der Waals surface area contributed by atoms with Gasteiger partial charge in [-0.25, -0.2) is 8.42 Å². The van der Waals surface area contributed by atoms with Crippen molar-refractivity contribution >= 4 is 9.84 Å². The predicted molar refractivity (Wildman–Crippen MR) is 70.5 cm³/mol. The smallest absolute Gasteiger partial charge is 0.151 e. The fourth-order valence-electron chi connectivity index (χ4n) is 1.95. The average Bonchev–Trinajstić information content (AvgIpc) is 2.24. The third-order valence-electron chi connectivity index (χ3n) is 3.13. The molecule has 0 aliphatic rings. The van der Waals surface area contributed by atoms with Crippen LogP contribution in [0, 0.1) is 5.92 Å². The molecule has 16 heavy (non-hydrogen) atoms. The Balaban J connectivity index is 3.97. The monoisotopic (exact) mass is 249 g/mol. The maximum absolute atomic E-state index is 11.3. The maximum Gasteiger partial charge on any atom is 0.151 e. The van der Waals surface area contributed by atoms with E-state index in [1.165, 1.54) is 12.8 Å². The lowest BCUT2D eigenvalue weighted by Crippen LogP contribution is -2.37. The van der Waals surface area contributed by atoms with Gasteiger partial charge in [0.15, 0.2) is 9.84 Å². The van der Waals surface area contributed by atoms with Crippen LogP contribution in [-0.4, -0.2) is 32.5 Å². The molecule has 1 N–H and O–H groups in total. The van der Waals surface area contributed by atoms with Gasteiger partial charge >= 0.3 is 0 Å². The van der Waals surface area contributed by atoms with E-state index < -0.39 is 9.84 Å². The predicted octanol–water partition coefficient (Wildman–Crippen LogP) is 2.23. The summed E-state index contributed by atoms with van der Waals surface area (Å²) in [7, 11) is -2.82. The SMILES string of the molecule is CCCC(C)C(CC)NCCS(=O)(=O)CC. The van der Waals surface area contributed by atoms with Crippen LogP contribution in [0.4, 0.5) is 0 Å². The van der Waals surface area contributed by atoms with E-state index in [1.54, 1.807) is 6.92 Å². The second-order valence-corrected chi connectivity index (χ2v) is 6.94. The molecule has 0 spiro atoms. The molecule has 0 saturated heterocycles. The van der Waals surface area contributed by atoms with Gasteiger partial charge in [0.2, 0.25) is 0 Å². The summed E-state index contributed by atoms with van der Waals surface area (Å²) in [6, 6.07) is 0.451. The Morgan fingerprint density at radius 2 is 1.81 bits per heavy atom. The molecular formula is C12H27NO2S. The number of sulfone groups is 1. The maximum atomic E-state index is 11.3. The lowest BCUT2D eigenvalue weighted by atomic mass is 9.95. The normalized spacial score (nSPS) is 16.0. The van der Waals surface area contributed by atoms with Crippen LogP contribution in [0.2, 0.25) is 0 Å². The molecule has 0 aliphatic carbocycles. The Morgan fingerprint density at radius 1 is 1.19 bits per heavy atom. The largest absolute Gasteiger partial charge is 0.313 e. The zero-order valence-corrected chi connectivity index (χ0v) is 11.9. The third-order valence-corrected chi connectivity index (χ3v) is 4.84. The summed E-state index contributed by atoms with van der Waals surface area (Å²) in [5.74, 6) is 1.13. The van der Waals surface area contributed by atoms with E-state index in [4.69, 9.17) is 0 Å². The van der Waals surface area contributed by atoms with Crippen LogP contribution in [0.3, 0.4) is 0 Å². The topological polar surface area (TPSA) is 46.2 Å². The van der Waals surface area contributed by atoms with E-state index in [2.05, 4.69) is 26.1 Å². The molecule has 3 nitrogen and oxygen atoms in total. The minimum atomic E-state index is -2.82. The minimum Gasteiger partial charge on any atom is -0.313 e. The zero-order chi connectivity index (χ0) is 12.6. The first-order chi connectivity index (χ1) is 7.46. The van der Waals surface area contributed by atoms with Crippen LogP contribution in [0.15, 0.2) is 0 Å². The molecule has 0 aromatic carbocycles. The van der Waals surface area contributed by atoms with Gasteiger partial charge in [-0.1, -0.05) is 34.1 Å². The molecule has 0 saturated carbocycles. The summed E-state index contributed by atoms with van der Waals surface area (Å²) < 4.78 is 22.6. The molecule has 98 valence electrons. The van der Waals surface area contributed by atoms with E-state index in [0.717, 1.165) is 6.42 Å². The van der Waals surface area contributed by atoms with E-state index in [0.29, 0.717) is 18.5 Å². The van der Waals surface area contributed by atoms with E-state index in [-0.39, 0.29) is 11.5 Å². The second kappa shape index (κ2) is 8.07. The highest BCUT2D eigenvalue weighted by molar-refractivity contribution is 7.91. The van der Waals surface area contributed by atoms with Gasteiger partial charge in [-0.3, -0.25) is 0 Å². The molecule has 0 aromatic rings. The number of rotatable bonds is 9. The van der Waals surface area contributed by atoms with E-state index in [1.807, 2.05) is 0 Å². The number of hydrogen-bond acceptors (Lipinski definition) is 3. The van der Waals surface area contributed by atoms with Crippen molar-refractivity contribution < 1.29 is 8.42 Å². The lowest BCUT2D eigenvalue weighted by molar-refractivity contribution is 0.351. The molecule has 4 heteroatoms. The van der Waals surface area contributed by atoms with Crippen LogP contribution in [0.25, 0.3) is 0 Å². The summed E-state index contributed by atoms with van der Waals surface area (Å²) in [5.41, 5.74) is 0. The summed E-state index contributed by atoms with van der Waals surface area (Å²) >= 11 is 0. The van der Waals surface area contributed by atoms with Gasteiger partial charge in [-0.05, 0) is 18.8 Å². The van der Waals surface area contributed by atoms with Crippen molar-refractivity contribution in [1.29, 1.82) is 0 Å². The second-order valence-electron chi connectivity index (χ2n) is 4.47. The highest BCUT2D eigenvalue weighted by Gasteiger charge is 2.15. The van der Waals surface area contributed by atoms with Crippen molar-refractivity contribution in [2.45, 2.75) is 53.0 Å². The van der Waals surface area contributed by atoms with Crippen molar-refractivity contribution in [3.8, 4) is 0 Å². The Hall–Kier alpha value is -0.0900. The number of nitrogens with one attached hydrogen (secondary N) is 1. The summed E-state index contributed by atoms with van der Waals surface area (Å²) in [4.78, 5) is 0.